The first-order valence-corrected chi connectivity index (χ1v) is 8.19. The third kappa shape index (κ3) is 5.33. The molecule has 0 aliphatic carbocycles. The summed E-state index contributed by atoms with van der Waals surface area (Å²) in [7, 11) is -1.30. The fourth-order valence-corrected chi connectivity index (χ4v) is 2.91. The summed E-state index contributed by atoms with van der Waals surface area (Å²) < 4.78 is 12.1. The van der Waals surface area contributed by atoms with Crippen molar-refractivity contribution >= 4 is 28.3 Å². The molecule has 0 bridgehead atoms. The smallest absolute Gasteiger partial charge is 0.235 e. The van der Waals surface area contributed by atoms with Crippen LogP contribution in [0.1, 0.15) is 26.7 Å². The molecule has 0 aliphatic rings. The molecule has 1 rings (SSSR count). The Kier molecular flexibility index (Phi) is 7.10. The highest BCUT2D eigenvalue weighted by atomic mass is 35.5. The van der Waals surface area contributed by atoms with Crippen molar-refractivity contribution in [3.05, 3.63) is 29.3 Å². The minimum atomic E-state index is -1.30. The van der Waals surface area contributed by atoms with E-state index in [0.717, 1.165) is 25.9 Å². The minimum absolute atomic E-state index is 0.0433. The van der Waals surface area contributed by atoms with Gasteiger partial charge in [0.1, 0.15) is 5.75 Å². The molecule has 0 spiro atoms. The van der Waals surface area contributed by atoms with Gasteiger partial charge in [0.05, 0.1) is 10.8 Å². The van der Waals surface area contributed by atoms with Gasteiger partial charge in [-0.3, -0.25) is 9.00 Å². The van der Waals surface area contributed by atoms with Gasteiger partial charge in [-0.25, -0.2) is 0 Å². The van der Waals surface area contributed by atoms with Crippen LogP contribution >= 0.6 is 11.6 Å². The molecule has 1 amide bonds. The Morgan fingerprint density at radius 3 is 2.16 bits per heavy atom. The van der Waals surface area contributed by atoms with Crippen LogP contribution in [0.5, 0.6) is 0 Å². The van der Waals surface area contributed by atoms with Crippen LogP contribution in [0.3, 0.4) is 0 Å². The standard InChI is InChI=1S/C14H20ClNO2S/c1-3-9-16(10-4-2)14(17)11-19(18)13-7-5-12(15)6-8-13/h5-8H,3-4,9-11H2,1-2H3. The summed E-state index contributed by atoms with van der Waals surface area (Å²) >= 11 is 5.78. The number of hydrogen-bond donors (Lipinski definition) is 0. The van der Waals surface area contributed by atoms with E-state index in [2.05, 4.69) is 0 Å². The van der Waals surface area contributed by atoms with Crippen molar-refractivity contribution in [2.75, 3.05) is 18.8 Å². The molecule has 0 N–H and O–H groups in total. The van der Waals surface area contributed by atoms with Gasteiger partial charge < -0.3 is 4.90 Å². The molecule has 0 saturated heterocycles. The SMILES string of the molecule is CCCN(CCC)C(=O)CS(=O)c1ccc(Cl)cc1. The zero-order valence-electron chi connectivity index (χ0n) is 11.4. The third-order valence-electron chi connectivity index (χ3n) is 2.67. The number of carbonyl (C=O) groups is 1. The zero-order chi connectivity index (χ0) is 14.3. The Labute approximate surface area is 122 Å². The van der Waals surface area contributed by atoms with Crippen LogP contribution in [0.2, 0.25) is 5.02 Å². The summed E-state index contributed by atoms with van der Waals surface area (Å²) in [4.78, 5) is 14.5. The molecule has 3 nitrogen and oxygen atoms in total. The quantitative estimate of drug-likeness (QED) is 0.776. The second kappa shape index (κ2) is 8.33. The molecule has 0 saturated carbocycles. The average Bonchev–Trinajstić information content (AvgIpc) is 2.39. The van der Waals surface area contributed by atoms with Gasteiger partial charge in [0.2, 0.25) is 5.91 Å². The van der Waals surface area contributed by atoms with Crippen molar-refractivity contribution in [2.45, 2.75) is 31.6 Å². The van der Waals surface area contributed by atoms with Crippen LogP contribution in [0.15, 0.2) is 29.2 Å². The fourth-order valence-electron chi connectivity index (χ4n) is 1.77. The number of benzene rings is 1. The van der Waals surface area contributed by atoms with Crippen LogP contribution < -0.4 is 0 Å². The van der Waals surface area contributed by atoms with Gasteiger partial charge in [0.15, 0.2) is 0 Å². The van der Waals surface area contributed by atoms with Crippen molar-refractivity contribution < 1.29 is 9.00 Å². The predicted octanol–water partition coefficient (Wildman–Crippen LogP) is 3.10. The van der Waals surface area contributed by atoms with Gasteiger partial charge in [-0.2, -0.15) is 0 Å². The van der Waals surface area contributed by atoms with Crippen LogP contribution in [0.4, 0.5) is 0 Å². The molecule has 0 aromatic heterocycles. The first-order chi connectivity index (χ1) is 9.08. The maximum Gasteiger partial charge on any atom is 0.235 e. The monoisotopic (exact) mass is 301 g/mol. The molecule has 5 heteroatoms. The molecule has 19 heavy (non-hydrogen) atoms. The molecule has 0 radical (unpaired) electrons. The first-order valence-electron chi connectivity index (χ1n) is 6.50. The second-order valence-corrected chi connectivity index (χ2v) is 6.21. The predicted molar refractivity (Wildman–Crippen MR) is 79.9 cm³/mol. The van der Waals surface area contributed by atoms with Gasteiger partial charge >= 0.3 is 0 Å². The molecule has 106 valence electrons. The summed E-state index contributed by atoms with van der Waals surface area (Å²) in [6.07, 6.45) is 1.83. The topological polar surface area (TPSA) is 37.4 Å². The van der Waals surface area contributed by atoms with Gasteiger partial charge in [-0.05, 0) is 37.1 Å². The van der Waals surface area contributed by atoms with Gasteiger partial charge in [-0.15, -0.1) is 0 Å². The molecule has 0 heterocycles. The Morgan fingerprint density at radius 1 is 1.16 bits per heavy atom. The van der Waals surface area contributed by atoms with Crippen LogP contribution in [0, 0.1) is 0 Å². The molecule has 1 atom stereocenters. The Hall–Kier alpha value is -0.870. The highest BCUT2D eigenvalue weighted by molar-refractivity contribution is 7.85. The number of halogens is 1. The van der Waals surface area contributed by atoms with E-state index >= 15 is 0 Å². The summed E-state index contributed by atoms with van der Waals surface area (Å²) in [6, 6.07) is 6.79. The van der Waals surface area contributed by atoms with Gasteiger partial charge in [0.25, 0.3) is 0 Å². The maximum atomic E-state index is 12.1. The third-order valence-corrected chi connectivity index (χ3v) is 4.23. The number of amides is 1. The normalized spacial score (nSPS) is 12.2. The molecular weight excluding hydrogens is 282 g/mol. The van der Waals surface area contributed by atoms with Crippen molar-refractivity contribution in [3.8, 4) is 0 Å². The second-order valence-electron chi connectivity index (χ2n) is 4.32. The Balaban J connectivity index is 2.64. The van der Waals surface area contributed by atoms with Crippen molar-refractivity contribution in [1.29, 1.82) is 0 Å². The lowest BCUT2D eigenvalue weighted by atomic mass is 10.3. The lowest BCUT2D eigenvalue weighted by molar-refractivity contribution is -0.128. The van der Waals surface area contributed by atoms with E-state index in [4.69, 9.17) is 11.6 Å². The lowest BCUT2D eigenvalue weighted by Gasteiger charge is -2.21. The van der Waals surface area contributed by atoms with E-state index in [1.165, 1.54) is 0 Å². The number of hydrogen-bond acceptors (Lipinski definition) is 2. The van der Waals surface area contributed by atoms with Crippen molar-refractivity contribution in [2.24, 2.45) is 0 Å². The van der Waals surface area contributed by atoms with Crippen molar-refractivity contribution in [3.63, 3.8) is 0 Å². The van der Waals surface area contributed by atoms with Crippen LogP contribution in [0.25, 0.3) is 0 Å². The summed E-state index contributed by atoms with van der Waals surface area (Å²) in [6.45, 7) is 5.52. The lowest BCUT2D eigenvalue weighted by Crippen LogP contribution is -2.35. The maximum absolute atomic E-state index is 12.1. The molecule has 1 unspecified atom stereocenters. The van der Waals surface area contributed by atoms with E-state index in [1.54, 1.807) is 29.2 Å². The van der Waals surface area contributed by atoms with E-state index in [0.29, 0.717) is 9.92 Å². The minimum Gasteiger partial charge on any atom is -0.342 e. The molecule has 1 aromatic carbocycles. The van der Waals surface area contributed by atoms with E-state index in [-0.39, 0.29) is 11.7 Å². The largest absolute Gasteiger partial charge is 0.342 e. The molecule has 0 aliphatic heterocycles. The summed E-state index contributed by atoms with van der Waals surface area (Å²) in [5.41, 5.74) is 0. The van der Waals surface area contributed by atoms with Gasteiger partial charge in [0, 0.05) is 23.0 Å². The van der Waals surface area contributed by atoms with E-state index in [9.17, 15) is 9.00 Å². The molecular formula is C14H20ClNO2S. The van der Waals surface area contributed by atoms with Crippen molar-refractivity contribution in [1.82, 2.24) is 4.90 Å². The number of carbonyl (C=O) groups excluding carboxylic acids is 1. The van der Waals surface area contributed by atoms with Crippen LogP contribution in [-0.2, 0) is 15.6 Å². The zero-order valence-corrected chi connectivity index (χ0v) is 13.0. The Bertz CT molecular complexity index is 428. The fraction of sp³-hybridized carbons (Fsp3) is 0.500. The average molecular weight is 302 g/mol. The highest BCUT2D eigenvalue weighted by Crippen LogP contribution is 2.13. The first kappa shape index (κ1) is 16.2. The van der Waals surface area contributed by atoms with Crippen LogP contribution in [-0.4, -0.2) is 33.9 Å². The number of nitrogens with zero attached hydrogens (tertiary/aromatic N) is 1. The summed E-state index contributed by atoms with van der Waals surface area (Å²) in [5, 5.41) is 0.602. The molecule has 0 fully saturated rings. The Morgan fingerprint density at radius 2 is 1.68 bits per heavy atom. The van der Waals surface area contributed by atoms with E-state index in [1.807, 2.05) is 13.8 Å². The highest BCUT2D eigenvalue weighted by Gasteiger charge is 2.16. The molecule has 1 aromatic rings. The number of rotatable bonds is 7. The van der Waals surface area contributed by atoms with Gasteiger partial charge in [-0.1, -0.05) is 25.4 Å². The summed E-state index contributed by atoms with van der Waals surface area (Å²) in [5.74, 6) is -0.00117. The van der Waals surface area contributed by atoms with E-state index < -0.39 is 10.8 Å².